The summed E-state index contributed by atoms with van der Waals surface area (Å²) in [5, 5.41) is 11.9. The molecule has 0 aliphatic rings. The molecule has 0 aromatic rings. The van der Waals surface area contributed by atoms with Gasteiger partial charge in [0.2, 0.25) is 5.91 Å². The maximum absolute atomic E-state index is 11.7. The second-order valence-corrected chi connectivity index (χ2v) is 6.46. The number of carbonyl (C=O) groups is 1. The van der Waals surface area contributed by atoms with Crippen molar-refractivity contribution in [1.82, 2.24) is 5.32 Å². The molecule has 0 aliphatic carbocycles. The van der Waals surface area contributed by atoms with E-state index in [9.17, 15) is 4.79 Å². The molecule has 0 bridgehead atoms. The van der Waals surface area contributed by atoms with Gasteiger partial charge in [0.05, 0.1) is 12.6 Å². The molecule has 0 saturated heterocycles. The normalized spacial score (nSPS) is 13.2. The van der Waals surface area contributed by atoms with E-state index < -0.39 is 0 Å². The molecule has 1 unspecified atom stereocenters. The van der Waals surface area contributed by atoms with Crippen LogP contribution in [0.15, 0.2) is 36.5 Å². The van der Waals surface area contributed by atoms with Gasteiger partial charge in [-0.05, 0) is 44.9 Å². The van der Waals surface area contributed by atoms with Gasteiger partial charge in [0.15, 0.2) is 0 Å². The van der Waals surface area contributed by atoms with Crippen LogP contribution in [0.3, 0.4) is 0 Å². The molecule has 0 saturated carbocycles. The highest BCUT2D eigenvalue weighted by Crippen LogP contribution is 2.08. The molecule has 1 amide bonds. The Bertz CT molecular complexity index is 381. The first kappa shape index (κ1) is 23.6. The molecule has 0 aromatic carbocycles. The van der Waals surface area contributed by atoms with Gasteiger partial charge in [0.1, 0.15) is 0 Å². The Hall–Kier alpha value is -1.35. The SMILES string of the molecule is CC/C=C\C/C=C\C/C=C\CCCCCCCC(=O)NC(CC)CO. The minimum atomic E-state index is -0.0815. The lowest BCUT2D eigenvalue weighted by Gasteiger charge is -2.13. The Balaban J connectivity index is 3.39. The number of nitrogens with one attached hydrogen (secondary N) is 1. The lowest BCUT2D eigenvalue weighted by molar-refractivity contribution is -0.122. The molecule has 3 nitrogen and oxygen atoms in total. The summed E-state index contributed by atoms with van der Waals surface area (Å²) in [7, 11) is 0. The summed E-state index contributed by atoms with van der Waals surface area (Å²) in [6, 6.07) is -0.0815. The fraction of sp³-hybridized carbons (Fsp3) is 0.682. The highest BCUT2D eigenvalue weighted by molar-refractivity contribution is 5.76. The van der Waals surface area contributed by atoms with Crippen molar-refractivity contribution >= 4 is 5.91 Å². The predicted octanol–water partition coefficient (Wildman–Crippen LogP) is 5.46. The highest BCUT2D eigenvalue weighted by atomic mass is 16.3. The zero-order valence-corrected chi connectivity index (χ0v) is 16.4. The van der Waals surface area contributed by atoms with Gasteiger partial charge in [-0.2, -0.15) is 0 Å². The van der Waals surface area contributed by atoms with Crippen LogP contribution in [-0.4, -0.2) is 23.7 Å². The summed E-state index contributed by atoms with van der Waals surface area (Å²) in [4.78, 5) is 11.7. The van der Waals surface area contributed by atoms with Crippen LogP contribution in [0.1, 0.15) is 84.5 Å². The van der Waals surface area contributed by atoms with Crippen molar-refractivity contribution in [3.05, 3.63) is 36.5 Å². The summed E-state index contributed by atoms with van der Waals surface area (Å²) < 4.78 is 0. The molecule has 0 aromatic heterocycles. The number of carbonyl (C=O) groups excluding carboxylic acids is 1. The van der Waals surface area contributed by atoms with E-state index in [1.54, 1.807) is 0 Å². The molecule has 0 fully saturated rings. The van der Waals surface area contributed by atoms with Crippen molar-refractivity contribution in [1.29, 1.82) is 0 Å². The zero-order valence-electron chi connectivity index (χ0n) is 16.4. The molecule has 0 spiro atoms. The Morgan fingerprint density at radius 1 is 0.880 bits per heavy atom. The van der Waals surface area contributed by atoms with Gasteiger partial charge in [-0.25, -0.2) is 0 Å². The largest absolute Gasteiger partial charge is 0.394 e. The van der Waals surface area contributed by atoms with E-state index in [1.807, 2.05) is 6.92 Å². The van der Waals surface area contributed by atoms with E-state index in [0.29, 0.717) is 6.42 Å². The van der Waals surface area contributed by atoms with Crippen molar-refractivity contribution in [3.63, 3.8) is 0 Å². The molecule has 0 radical (unpaired) electrons. The van der Waals surface area contributed by atoms with Gasteiger partial charge in [-0.15, -0.1) is 0 Å². The van der Waals surface area contributed by atoms with E-state index in [-0.39, 0.29) is 18.6 Å². The fourth-order valence-corrected chi connectivity index (χ4v) is 2.48. The summed E-state index contributed by atoms with van der Waals surface area (Å²) in [6.07, 6.45) is 24.8. The number of hydrogen-bond acceptors (Lipinski definition) is 2. The van der Waals surface area contributed by atoms with Crippen molar-refractivity contribution in [2.24, 2.45) is 0 Å². The maximum Gasteiger partial charge on any atom is 0.220 e. The third-order valence-electron chi connectivity index (χ3n) is 4.13. The van der Waals surface area contributed by atoms with Crippen molar-refractivity contribution in [2.75, 3.05) is 6.61 Å². The van der Waals surface area contributed by atoms with Gasteiger partial charge >= 0.3 is 0 Å². The highest BCUT2D eigenvalue weighted by Gasteiger charge is 2.08. The van der Waals surface area contributed by atoms with Crippen LogP contribution >= 0.6 is 0 Å². The Kier molecular flexibility index (Phi) is 18.0. The number of hydrogen-bond donors (Lipinski definition) is 2. The second kappa shape index (κ2) is 19.0. The zero-order chi connectivity index (χ0) is 18.6. The van der Waals surface area contributed by atoms with E-state index in [2.05, 4.69) is 48.7 Å². The number of amides is 1. The maximum atomic E-state index is 11.7. The van der Waals surface area contributed by atoms with E-state index in [4.69, 9.17) is 5.11 Å². The van der Waals surface area contributed by atoms with Crippen molar-refractivity contribution in [2.45, 2.75) is 90.5 Å². The molecule has 2 N–H and O–H groups in total. The monoisotopic (exact) mass is 349 g/mol. The average Bonchev–Trinajstić information content (AvgIpc) is 2.62. The van der Waals surface area contributed by atoms with E-state index in [1.165, 1.54) is 19.3 Å². The number of aliphatic hydroxyl groups is 1. The number of aliphatic hydroxyl groups excluding tert-OH is 1. The van der Waals surface area contributed by atoms with Crippen LogP contribution < -0.4 is 5.32 Å². The first-order valence-electron chi connectivity index (χ1n) is 10.1. The Labute approximate surface area is 155 Å². The number of rotatable bonds is 16. The predicted molar refractivity (Wildman–Crippen MR) is 109 cm³/mol. The van der Waals surface area contributed by atoms with E-state index >= 15 is 0 Å². The number of unbranched alkanes of at least 4 members (excludes halogenated alkanes) is 5. The van der Waals surface area contributed by atoms with Crippen LogP contribution in [0.4, 0.5) is 0 Å². The fourth-order valence-electron chi connectivity index (χ4n) is 2.48. The Morgan fingerprint density at radius 3 is 2.12 bits per heavy atom. The first-order chi connectivity index (χ1) is 12.2. The molecule has 3 heteroatoms. The van der Waals surface area contributed by atoms with Crippen LogP contribution in [0.2, 0.25) is 0 Å². The molecule has 144 valence electrons. The third kappa shape index (κ3) is 17.3. The summed E-state index contributed by atoms with van der Waals surface area (Å²) in [5.74, 6) is 0.0714. The van der Waals surface area contributed by atoms with Gasteiger partial charge in [-0.3, -0.25) is 4.79 Å². The third-order valence-corrected chi connectivity index (χ3v) is 4.13. The summed E-state index contributed by atoms with van der Waals surface area (Å²) >= 11 is 0. The van der Waals surface area contributed by atoms with Gasteiger partial charge < -0.3 is 10.4 Å². The molecular formula is C22H39NO2. The quantitative estimate of drug-likeness (QED) is 0.287. The van der Waals surface area contributed by atoms with Gasteiger partial charge in [-0.1, -0.05) is 69.6 Å². The average molecular weight is 350 g/mol. The van der Waals surface area contributed by atoms with Gasteiger partial charge in [0, 0.05) is 6.42 Å². The Morgan fingerprint density at radius 2 is 1.48 bits per heavy atom. The minimum Gasteiger partial charge on any atom is -0.394 e. The molecule has 25 heavy (non-hydrogen) atoms. The smallest absolute Gasteiger partial charge is 0.220 e. The summed E-state index contributed by atoms with van der Waals surface area (Å²) in [6.45, 7) is 4.15. The molecular weight excluding hydrogens is 310 g/mol. The minimum absolute atomic E-state index is 0.0292. The van der Waals surface area contributed by atoms with Crippen LogP contribution in [-0.2, 0) is 4.79 Å². The topological polar surface area (TPSA) is 49.3 Å². The first-order valence-corrected chi connectivity index (χ1v) is 10.1. The molecule has 1 atom stereocenters. The second-order valence-electron chi connectivity index (χ2n) is 6.46. The molecule has 0 rings (SSSR count). The van der Waals surface area contributed by atoms with Crippen LogP contribution in [0, 0.1) is 0 Å². The van der Waals surface area contributed by atoms with Gasteiger partial charge in [0.25, 0.3) is 0 Å². The molecule has 0 heterocycles. The van der Waals surface area contributed by atoms with Crippen molar-refractivity contribution < 1.29 is 9.90 Å². The van der Waals surface area contributed by atoms with E-state index in [0.717, 1.165) is 44.9 Å². The molecule has 0 aliphatic heterocycles. The number of allylic oxidation sites excluding steroid dienone is 6. The van der Waals surface area contributed by atoms with Crippen LogP contribution in [0.25, 0.3) is 0 Å². The summed E-state index contributed by atoms with van der Waals surface area (Å²) in [5.41, 5.74) is 0. The van der Waals surface area contributed by atoms with Crippen molar-refractivity contribution in [3.8, 4) is 0 Å². The standard InChI is InChI=1S/C22H39NO2/c1-3-5-6-7-8-9-10-11-12-13-14-15-16-17-18-19-22(25)23-21(4-2)20-24/h5-6,8-9,11-12,21,24H,3-4,7,10,13-20H2,1-2H3,(H,23,25)/b6-5-,9-8-,12-11-. The van der Waals surface area contributed by atoms with Crippen LogP contribution in [0.5, 0.6) is 0 Å². The lowest BCUT2D eigenvalue weighted by Crippen LogP contribution is -2.36. The lowest BCUT2D eigenvalue weighted by atomic mass is 10.1.